The summed E-state index contributed by atoms with van der Waals surface area (Å²) in [4.78, 5) is 23.4. The fraction of sp³-hybridized carbons (Fsp3) is 0.300. The van der Waals surface area contributed by atoms with Crippen LogP contribution in [0.4, 0.5) is 0 Å². The van der Waals surface area contributed by atoms with Gasteiger partial charge in [-0.15, -0.1) is 0 Å². The maximum atomic E-state index is 12.1. The highest BCUT2D eigenvalue weighted by Crippen LogP contribution is 2.24. The third-order valence-corrected chi connectivity index (χ3v) is 4.42. The molecule has 1 saturated heterocycles. The van der Waals surface area contributed by atoms with Crippen LogP contribution in [0.15, 0.2) is 54.6 Å². The Bertz CT molecular complexity index is 724. The van der Waals surface area contributed by atoms with Gasteiger partial charge in [-0.25, -0.2) is 4.79 Å². The van der Waals surface area contributed by atoms with Gasteiger partial charge < -0.3 is 10.1 Å². The summed E-state index contributed by atoms with van der Waals surface area (Å²) < 4.78 is 4.84. The van der Waals surface area contributed by atoms with Crippen LogP contribution in [0, 0.1) is 0 Å². The second-order valence-electron chi connectivity index (χ2n) is 6.28. The van der Waals surface area contributed by atoms with Gasteiger partial charge in [-0.05, 0) is 29.5 Å². The number of carbonyl (C=O) groups is 2. The van der Waals surface area contributed by atoms with Gasteiger partial charge in [0.05, 0.1) is 0 Å². The van der Waals surface area contributed by atoms with Crippen molar-refractivity contribution in [3.8, 4) is 11.1 Å². The predicted molar refractivity (Wildman–Crippen MR) is 92.4 cm³/mol. The number of benzene rings is 2. The van der Waals surface area contributed by atoms with E-state index in [4.69, 9.17) is 4.74 Å². The second-order valence-corrected chi connectivity index (χ2v) is 6.28. The molecule has 0 bridgehead atoms. The van der Waals surface area contributed by atoms with Crippen LogP contribution in [-0.2, 0) is 14.3 Å². The van der Waals surface area contributed by atoms with E-state index in [0.717, 1.165) is 11.1 Å². The average molecular weight is 323 g/mol. The van der Waals surface area contributed by atoms with Gasteiger partial charge >= 0.3 is 5.97 Å². The van der Waals surface area contributed by atoms with E-state index in [0.29, 0.717) is 6.42 Å². The quantitative estimate of drug-likeness (QED) is 0.859. The molecule has 4 heteroatoms. The van der Waals surface area contributed by atoms with Crippen LogP contribution in [0.1, 0.15) is 31.7 Å². The van der Waals surface area contributed by atoms with Crippen LogP contribution in [0.25, 0.3) is 11.1 Å². The molecular weight excluding hydrogens is 302 g/mol. The summed E-state index contributed by atoms with van der Waals surface area (Å²) >= 11 is 0. The number of amides is 1. The lowest BCUT2D eigenvalue weighted by Gasteiger charge is -2.33. The van der Waals surface area contributed by atoms with Crippen molar-refractivity contribution in [1.82, 2.24) is 5.32 Å². The van der Waals surface area contributed by atoms with Crippen molar-refractivity contribution in [2.75, 3.05) is 0 Å². The molecule has 1 aliphatic heterocycles. The molecule has 3 rings (SSSR count). The number of hydrogen-bond acceptors (Lipinski definition) is 3. The van der Waals surface area contributed by atoms with E-state index >= 15 is 0 Å². The number of hydrogen-bond donors (Lipinski definition) is 1. The number of cyclic esters (lactones) is 1. The van der Waals surface area contributed by atoms with E-state index in [1.54, 1.807) is 6.92 Å². The summed E-state index contributed by atoms with van der Waals surface area (Å²) in [5, 5.41) is 2.74. The zero-order valence-electron chi connectivity index (χ0n) is 13.9. The Balaban J connectivity index is 1.60. The standard InChI is InChI=1S/C20H21NO3/c1-13(12-18(22)21-19-14(2)24-20(19)23)15-8-10-17(11-9-15)16-6-4-3-5-7-16/h3-11,13-14,19H,12H2,1-2H3,(H,21,22)/t13?,14-,19+/m0/s1. The number of ether oxygens (including phenoxy) is 1. The van der Waals surface area contributed by atoms with Crippen molar-refractivity contribution in [3.63, 3.8) is 0 Å². The van der Waals surface area contributed by atoms with Crippen LogP contribution in [0.2, 0.25) is 0 Å². The normalized spacial score (nSPS) is 20.7. The van der Waals surface area contributed by atoms with Crippen molar-refractivity contribution in [1.29, 1.82) is 0 Å². The first-order chi connectivity index (χ1) is 11.5. The molecule has 1 heterocycles. The van der Waals surface area contributed by atoms with Gasteiger partial charge in [0.2, 0.25) is 5.91 Å². The van der Waals surface area contributed by atoms with Gasteiger partial charge in [-0.1, -0.05) is 61.5 Å². The Kier molecular flexibility index (Phi) is 4.65. The zero-order valence-corrected chi connectivity index (χ0v) is 13.9. The Morgan fingerprint density at radius 2 is 1.71 bits per heavy atom. The molecule has 1 aliphatic rings. The number of esters is 1. The molecule has 0 aromatic heterocycles. The monoisotopic (exact) mass is 323 g/mol. The molecule has 1 fully saturated rings. The highest BCUT2D eigenvalue weighted by Gasteiger charge is 2.40. The minimum atomic E-state index is -0.495. The summed E-state index contributed by atoms with van der Waals surface area (Å²) in [6, 6.07) is 17.9. The molecule has 1 unspecified atom stereocenters. The van der Waals surface area contributed by atoms with E-state index in [1.165, 1.54) is 5.56 Å². The maximum absolute atomic E-state index is 12.1. The van der Waals surface area contributed by atoms with Gasteiger partial charge in [0, 0.05) is 6.42 Å². The fourth-order valence-electron chi connectivity index (χ4n) is 2.88. The number of nitrogens with one attached hydrogen (secondary N) is 1. The van der Waals surface area contributed by atoms with E-state index < -0.39 is 6.04 Å². The van der Waals surface area contributed by atoms with Gasteiger partial charge in [0.25, 0.3) is 0 Å². The molecule has 0 spiro atoms. The Morgan fingerprint density at radius 1 is 1.08 bits per heavy atom. The van der Waals surface area contributed by atoms with Crippen molar-refractivity contribution >= 4 is 11.9 Å². The predicted octanol–water partition coefficient (Wildman–Crippen LogP) is 3.28. The summed E-state index contributed by atoms with van der Waals surface area (Å²) in [6.07, 6.45) is 0.114. The first-order valence-corrected chi connectivity index (χ1v) is 8.20. The summed E-state index contributed by atoms with van der Waals surface area (Å²) in [7, 11) is 0. The lowest BCUT2D eigenvalue weighted by molar-refractivity contribution is -0.176. The van der Waals surface area contributed by atoms with Crippen molar-refractivity contribution in [2.45, 2.75) is 38.3 Å². The van der Waals surface area contributed by atoms with Crippen molar-refractivity contribution < 1.29 is 14.3 Å². The molecule has 24 heavy (non-hydrogen) atoms. The van der Waals surface area contributed by atoms with Crippen LogP contribution >= 0.6 is 0 Å². The van der Waals surface area contributed by atoms with E-state index in [1.807, 2.05) is 25.1 Å². The Hall–Kier alpha value is -2.62. The molecule has 0 saturated carbocycles. The topological polar surface area (TPSA) is 55.4 Å². The van der Waals surface area contributed by atoms with Crippen LogP contribution in [-0.4, -0.2) is 24.0 Å². The molecule has 2 aromatic rings. The maximum Gasteiger partial charge on any atom is 0.332 e. The molecule has 1 N–H and O–H groups in total. The minimum Gasteiger partial charge on any atom is -0.458 e. The van der Waals surface area contributed by atoms with Crippen molar-refractivity contribution in [3.05, 3.63) is 60.2 Å². The third kappa shape index (κ3) is 3.48. The van der Waals surface area contributed by atoms with Gasteiger partial charge in [-0.3, -0.25) is 4.79 Å². The lowest BCUT2D eigenvalue weighted by atomic mass is 9.94. The van der Waals surface area contributed by atoms with E-state index in [-0.39, 0.29) is 23.9 Å². The first-order valence-electron chi connectivity index (χ1n) is 8.20. The minimum absolute atomic E-state index is 0.0845. The highest BCUT2D eigenvalue weighted by molar-refractivity contribution is 5.88. The van der Waals surface area contributed by atoms with Crippen LogP contribution in [0.3, 0.4) is 0 Å². The van der Waals surface area contributed by atoms with E-state index in [2.05, 4.69) is 41.7 Å². The SMILES string of the molecule is CC(CC(=O)N[C@H]1C(=O)O[C@H]1C)c1ccc(-c2ccccc2)cc1. The molecule has 4 nitrogen and oxygen atoms in total. The molecule has 0 aliphatic carbocycles. The zero-order chi connectivity index (χ0) is 17.1. The molecule has 1 amide bonds. The van der Waals surface area contributed by atoms with E-state index in [9.17, 15) is 9.59 Å². The third-order valence-electron chi connectivity index (χ3n) is 4.42. The highest BCUT2D eigenvalue weighted by atomic mass is 16.6. The van der Waals surface area contributed by atoms with Gasteiger partial charge in [0.1, 0.15) is 6.10 Å². The molecule has 124 valence electrons. The van der Waals surface area contributed by atoms with Gasteiger partial charge in [-0.2, -0.15) is 0 Å². The summed E-state index contributed by atoms with van der Waals surface area (Å²) in [5.41, 5.74) is 3.43. The molecule has 0 radical (unpaired) electrons. The first kappa shape index (κ1) is 16.2. The fourth-order valence-corrected chi connectivity index (χ4v) is 2.88. The molecular formula is C20H21NO3. The summed E-state index contributed by atoms with van der Waals surface area (Å²) in [5.74, 6) is -0.389. The Labute approximate surface area is 141 Å². The molecule has 2 aromatic carbocycles. The second kappa shape index (κ2) is 6.87. The summed E-state index contributed by atoms with van der Waals surface area (Å²) in [6.45, 7) is 3.79. The smallest absolute Gasteiger partial charge is 0.332 e. The average Bonchev–Trinajstić information content (AvgIpc) is 2.61. The number of rotatable bonds is 5. The van der Waals surface area contributed by atoms with Crippen molar-refractivity contribution in [2.24, 2.45) is 0 Å². The number of carbonyl (C=O) groups excluding carboxylic acids is 2. The largest absolute Gasteiger partial charge is 0.458 e. The lowest BCUT2D eigenvalue weighted by Crippen LogP contribution is -2.58. The Morgan fingerprint density at radius 3 is 2.29 bits per heavy atom. The van der Waals surface area contributed by atoms with Crippen LogP contribution < -0.4 is 5.32 Å². The molecule has 3 atom stereocenters. The van der Waals surface area contributed by atoms with Crippen LogP contribution in [0.5, 0.6) is 0 Å². The van der Waals surface area contributed by atoms with Gasteiger partial charge in [0.15, 0.2) is 6.04 Å².